The normalized spacial score (nSPS) is 28.2. The molecule has 0 aliphatic heterocycles. The summed E-state index contributed by atoms with van der Waals surface area (Å²) in [5.41, 5.74) is 0.936. The molecule has 1 heteroatoms. The van der Waals surface area contributed by atoms with Gasteiger partial charge in [0.05, 0.1) is 4.11 Å². The Bertz CT molecular complexity index is 451. The van der Waals surface area contributed by atoms with Crippen LogP contribution in [0.3, 0.4) is 0 Å². The molecular formula is C15H21I. The molecular weight excluding hydrogens is 307 g/mol. The van der Waals surface area contributed by atoms with Crippen LogP contribution < -0.4 is 0 Å². The third-order valence-electron chi connectivity index (χ3n) is 3.65. The van der Waals surface area contributed by atoms with Crippen molar-refractivity contribution in [3.8, 4) is 0 Å². The second-order valence-corrected chi connectivity index (χ2v) is 5.89. The smallest absolute Gasteiger partial charge is 0.0634 e. The Morgan fingerprint density at radius 3 is 2.69 bits per heavy atom. The monoisotopic (exact) mass is 331 g/mol. The van der Waals surface area contributed by atoms with Crippen molar-refractivity contribution in [2.45, 2.75) is 51.4 Å². The Hall–Kier alpha value is -0.0500. The predicted molar refractivity (Wildman–Crippen MR) is 78.8 cm³/mol. The highest BCUT2D eigenvalue weighted by molar-refractivity contribution is 14.1. The highest BCUT2D eigenvalue weighted by Gasteiger charge is 2.21. The van der Waals surface area contributed by atoms with E-state index >= 15 is 0 Å². The van der Waals surface area contributed by atoms with Crippen LogP contribution >= 0.6 is 22.6 Å². The second-order valence-electron chi connectivity index (χ2n) is 4.81. The fourth-order valence-corrected chi connectivity index (χ4v) is 3.02. The molecule has 88 valence electrons. The lowest BCUT2D eigenvalue weighted by Gasteiger charge is -2.28. The van der Waals surface area contributed by atoms with E-state index in [0.717, 1.165) is 24.3 Å². The van der Waals surface area contributed by atoms with Crippen molar-refractivity contribution in [2.75, 3.05) is 0 Å². The van der Waals surface area contributed by atoms with Crippen LogP contribution in [0.25, 0.3) is 0 Å². The fourth-order valence-electron chi connectivity index (χ4n) is 2.73. The van der Waals surface area contributed by atoms with Gasteiger partial charge < -0.3 is 0 Å². The molecule has 1 aromatic carbocycles. The molecule has 0 spiro atoms. The number of halogens is 1. The summed E-state index contributed by atoms with van der Waals surface area (Å²) in [5, 5.41) is 0. The van der Waals surface area contributed by atoms with Gasteiger partial charge in [-0.3, -0.25) is 0 Å². The van der Waals surface area contributed by atoms with Crippen LogP contribution in [0.2, 0.25) is 0 Å². The van der Waals surface area contributed by atoms with Crippen LogP contribution in [0.15, 0.2) is 24.2 Å². The topological polar surface area (TPSA) is 0 Å². The third kappa shape index (κ3) is 3.22. The van der Waals surface area contributed by atoms with Crippen LogP contribution in [0, 0.1) is 9.49 Å². The molecule has 0 N–H and O–H groups in total. The molecule has 0 nitrogen and oxygen atoms in total. The quantitative estimate of drug-likeness (QED) is 0.654. The fraction of sp³-hybridized carbons (Fsp3) is 0.600. The van der Waals surface area contributed by atoms with E-state index in [1.165, 1.54) is 25.7 Å². The lowest BCUT2D eigenvalue weighted by molar-refractivity contribution is 0.308. The van der Waals surface area contributed by atoms with E-state index in [9.17, 15) is 0 Å². The summed E-state index contributed by atoms with van der Waals surface area (Å²) < 4.78 is 24.6. The second kappa shape index (κ2) is 6.04. The van der Waals surface area contributed by atoms with Gasteiger partial charge in [-0.1, -0.05) is 31.9 Å². The van der Waals surface area contributed by atoms with Crippen molar-refractivity contribution < 1.29 is 4.11 Å². The van der Waals surface area contributed by atoms with E-state index in [4.69, 9.17) is 4.11 Å². The van der Waals surface area contributed by atoms with Gasteiger partial charge in [-0.15, -0.1) is 0 Å². The van der Waals surface area contributed by atoms with E-state index in [1.807, 2.05) is 28.7 Å². The van der Waals surface area contributed by atoms with Gasteiger partial charge in [-0.2, -0.15) is 0 Å². The Kier molecular flexibility index (Phi) is 3.38. The zero-order valence-corrected chi connectivity index (χ0v) is 12.0. The Labute approximate surface area is 117 Å². The largest absolute Gasteiger partial charge is 0.0654 e. The first-order chi connectivity index (χ1) is 9.04. The molecule has 1 saturated carbocycles. The SMILES string of the molecule is [2H]c1cc(C2CCC(CCC)CC2)c([2H])c([2H])c1I. The zero-order chi connectivity index (χ0) is 14.0. The lowest BCUT2D eigenvalue weighted by Crippen LogP contribution is -2.13. The standard InChI is InChI=1S/C15H21I/c1-2-3-12-4-6-13(7-5-12)14-8-10-15(16)11-9-14/h8-13H,2-7H2,1H3/i8D,10D,11D. The highest BCUT2D eigenvalue weighted by atomic mass is 127. The Balaban J connectivity index is 2.16. The van der Waals surface area contributed by atoms with Crippen molar-refractivity contribution in [1.29, 1.82) is 0 Å². The molecule has 0 aromatic heterocycles. The van der Waals surface area contributed by atoms with E-state index in [-0.39, 0.29) is 6.04 Å². The van der Waals surface area contributed by atoms with Gasteiger partial charge in [0.2, 0.25) is 0 Å². The molecule has 0 amide bonds. The van der Waals surface area contributed by atoms with Crippen molar-refractivity contribution in [3.05, 3.63) is 33.3 Å². The maximum atomic E-state index is 8.12. The number of hydrogen-bond acceptors (Lipinski definition) is 0. The van der Waals surface area contributed by atoms with Gasteiger partial charge in [0.25, 0.3) is 0 Å². The van der Waals surface area contributed by atoms with E-state index in [1.54, 1.807) is 0 Å². The maximum absolute atomic E-state index is 8.12. The van der Waals surface area contributed by atoms with E-state index < -0.39 is 0 Å². The summed E-state index contributed by atoms with van der Waals surface area (Å²) in [7, 11) is 0. The minimum atomic E-state index is 0.235. The molecule has 1 aromatic rings. The molecule has 0 heterocycles. The highest BCUT2D eigenvalue weighted by Crippen LogP contribution is 2.37. The first-order valence-corrected chi connectivity index (χ1v) is 7.38. The van der Waals surface area contributed by atoms with Crippen LogP contribution in [0.1, 0.15) is 61.0 Å². The maximum Gasteiger partial charge on any atom is 0.0634 e. The Morgan fingerprint density at radius 1 is 1.25 bits per heavy atom. The molecule has 0 bridgehead atoms. The lowest BCUT2D eigenvalue weighted by atomic mass is 9.77. The minimum absolute atomic E-state index is 0.235. The summed E-state index contributed by atoms with van der Waals surface area (Å²) in [6, 6.07) is 2.82. The van der Waals surface area contributed by atoms with Gasteiger partial charge in [-0.25, -0.2) is 0 Å². The molecule has 1 fully saturated rings. The van der Waals surface area contributed by atoms with Gasteiger partial charge in [0, 0.05) is 3.57 Å². The molecule has 0 unspecified atom stereocenters. The average molecular weight is 331 g/mol. The summed E-state index contributed by atoms with van der Waals surface area (Å²) >= 11 is 2.00. The van der Waals surface area contributed by atoms with Gasteiger partial charge in [0.1, 0.15) is 0 Å². The third-order valence-corrected chi connectivity index (χ3v) is 4.24. The molecule has 1 aliphatic rings. The van der Waals surface area contributed by atoms with Crippen molar-refractivity contribution >= 4 is 22.6 Å². The summed E-state index contributed by atoms with van der Waals surface area (Å²) in [6.45, 7) is 2.24. The summed E-state index contributed by atoms with van der Waals surface area (Å²) in [4.78, 5) is 0. The average Bonchev–Trinajstić information content (AvgIpc) is 2.42. The minimum Gasteiger partial charge on any atom is -0.0654 e. The van der Waals surface area contributed by atoms with Crippen molar-refractivity contribution in [1.82, 2.24) is 0 Å². The molecule has 1 aliphatic carbocycles. The molecule has 0 radical (unpaired) electrons. The van der Waals surface area contributed by atoms with Crippen molar-refractivity contribution in [2.24, 2.45) is 5.92 Å². The van der Waals surface area contributed by atoms with Crippen LogP contribution in [-0.2, 0) is 0 Å². The van der Waals surface area contributed by atoms with Crippen LogP contribution in [0.5, 0.6) is 0 Å². The van der Waals surface area contributed by atoms with E-state index in [2.05, 4.69) is 6.92 Å². The molecule has 2 rings (SSSR count). The molecule has 0 saturated heterocycles. The van der Waals surface area contributed by atoms with Gasteiger partial charge in [0.15, 0.2) is 0 Å². The summed E-state index contributed by atoms with van der Waals surface area (Å²) in [5.74, 6) is 1.25. The number of rotatable bonds is 3. The van der Waals surface area contributed by atoms with Crippen molar-refractivity contribution in [3.63, 3.8) is 0 Å². The number of benzene rings is 1. The first-order valence-electron chi connectivity index (χ1n) is 7.80. The molecule has 0 atom stereocenters. The van der Waals surface area contributed by atoms with Gasteiger partial charge in [-0.05, 0) is 77.8 Å². The Morgan fingerprint density at radius 2 is 2.00 bits per heavy atom. The molecule has 16 heavy (non-hydrogen) atoms. The van der Waals surface area contributed by atoms with Crippen LogP contribution in [0.4, 0.5) is 0 Å². The number of hydrogen-bond donors (Lipinski definition) is 0. The summed E-state index contributed by atoms with van der Waals surface area (Å²) in [6.07, 6.45) is 7.30. The predicted octanol–water partition coefficient (Wildman–Crippen LogP) is 5.37. The van der Waals surface area contributed by atoms with Crippen LogP contribution in [-0.4, -0.2) is 0 Å². The van der Waals surface area contributed by atoms with E-state index in [0.29, 0.717) is 21.6 Å². The van der Waals surface area contributed by atoms with Gasteiger partial charge >= 0.3 is 0 Å². The first kappa shape index (κ1) is 8.96. The zero-order valence-electron chi connectivity index (χ0n) is 12.9.